The van der Waals surface area contributed by atoms with Gasteiger partial charge in [0.05, 0.1) is 12.3 Å². The third-order valence-corrected chi connectivity index (χ3v) is 5.89. The lowest BCUT2D eigenvalue weighted by Gasteiger charge is -2.30. The molecule has 0 unspecified atom stereocenters. The lowest BCUT2D eigenvalue weighted by atomic mass is 10.2. The first-order valence-electron chi connectivity index (χ1n) is 10.3. The fourth-order valence-electron chi connectivity index (χ4n) is 3.05. The predicted molar refractivity (Wildman–Crippen MR) is 120 cm³/mol. The summed E-state index contributed by atoms with van der Waals surface area (Å²) in [5.74, 6) is 0.338. The Morgan fingerprint density at radius 1 is 1.07 bits per heavy atom. The lowest BCUT2D eigenvalue weighted by Crippen LogP contribution is -2.46. The monoisotopic (exact) mass is 415 g/mol. The van der Waals surface area contributed by atoms with E-state index in [1.54, 1.807) is 4.90 Å². The van der Waals surface area contributed by atoms with Crippen LogP contribution in [-0.4, -0.2) is 51.1 Å². The second-order valence-corrected chi connectivity index (χ2v) is 8.55. The van der Waals surface area contributed by atoms with Gasteiger partial charge in [-0.2, -0.15) is 0 Å². The van der Waals surface area contributed by atoms with E-state index in [0.717, 1.165) is 23.4 Å². The van der Waals surface area contributed by atoms with Crippen LogP contribution in [-0.2, 0) is 23.2 Å². The highest BCUT2D eigenvalue weighted by Crippen LogP contribution is 2.18. The molecule has 29 heavy (non-hydrogen) atoms. The zero-order chi connectivity index (χ0) is 21.2. The van der Waals surface area contributed by atoms with Crippen LogP contribution in [0.4, 0.5) is 0 Å². The van der Waals surface area contributed by atoms with Crippen molar-refractivity contribution in [2.45, 2.75) is 51.1 Å². The zero-order valence-corrected chi connectivity index (χ0v) is 18.8. The van der Waals surface area contributed by atoms with Crippen molar-refractivity contribution in [3.05, 3.63) is 54.4 Å². The van der Waals surface area contributed by atoms with Crippen molar-refractivity contribution >= 4 is 23.6 Å². The zero-order valence-electron chi connectivity index (χ0n) is 18.0. The highest BCUT2D eigenvalue weighted by Gasteiger charge is 2.23. The summed E-state index contributed by atoms with van der Waals surface area (Å²) in [6.07, 6.45) is 3.97. The molecule has 2 rings (SSSR count). The SMILES string of the molecule is CCCCN(Cc1cccn1C)C(=O)CN(C(=O)CSc1ccccc1)C(C)C. The van der Waals surface area contributed by atoms with Gasteiger partial charge in [0.2, 0.25) is 11.8 Å². The Labute approximate surface area is 179 Å². The molecule has 0 aliphatic heterocycles. The maximum Gasteiger partial charge on any atom is 0.242 e. The van der Waals surface area contributed by atoms with E-state index in [0.29, 0.717) is 18.8 Å². The summed E-state index contributed by atoms with van der Waals surface area (Å²) in [4.78, 5) is 30.6. The number of benzene rings is 1. The van der Waals surface area contributed by atoms with Crippen molar-refractivity contribution in [2.75, 3.05) is 18.8 Å². The van der Waals surface area contributed by atoms with Gasteiger partial charge in [0.15, 0.2) is 0 Å². The molecule has 0 radical (unpaired) electrons. The van der Waals surface area contributed by atoms with E-state index >= 15 is 0 Å². The molecule has 2 amide bonds. The van der Waals surface area contributed by atoms with Gasteiger partial charge in [0, 0.05) is 36.4 Å². The Morgan fingerprint density at radius 2 is 1.79 bits per heavy atom. The lowest BCUT2D eigenvalue weighted by molar-refractivity contribution is -0.141. The molecule has 1 aromatic carbocycles. The van der Waals surface area contributed by atoms with E-state index in [4.69, 9.17) is 0 Å². The van der Waals surface area contributed by atoms with Gasteiger partial charge in [0.1, 0.15) is 6.54 Å². The maximum absolute atomic E-state index is 13.1. The smallest absolute Gasteiger partial charge is 0.242 e. The summed E-state index contributed by atoms with van der Waals surface area (Å²) in [7, 11) is 1.99. The minimum atomic E-state index is -0.0223. The Hall–Kier alpha value is -2.21. The Morgan fingerprint density at radius 3 is 2.38 bits per heavy atom. The molecule has 1 heterocycles. The number of amides is 2. The topological polar surface area (TPSA) is 45.6 Å². The van der Waals surface area contributed by atoms with Crippen LogP contribution < -0.4 is 0 Å². The van der Waals surface area contributed by atoms with Crippen LogP contribution in [0.3, 0.4) is 0 Å². The second kappa shape index (κ2) is 11.7. The number of rotatable bonds is 11. The third kappa shape index (κ3) is 7.28. The molecule has 0 aliphatic carbocycles. The third-order valence-electron chi connectivity index (χ3n) is 4.89. The molecule has 0 atom stereocenters. The quantitative estimate of drug-likeness (QED) is 0.517. The number of nitrogens with zero attached hydrogens (tertiary/aromatic N) is 3. The molecule has 2 aromatic rings. The van der Waals surface area contributed by atoms with Crippen molar-refractivity contribution in [1.82, 2.24) is 14.4 Å². The number of carbonyl (C=O) groups excluding carboxylic acids is 2. The predicted octanol–water partition coefficient (Wildman–Crippen LogP) is 4.18. The molecule has 0 aliphatic rings. The van der Waals surface area contributed by atoms with E-state index in [9.17, 15) is 9.59 Å². The summed E-state index contributed by atoms with van der Waals surface area (Å²) in [6, 6.07) is 13.9. The number of hydrogen-bond acceptors (Lipinski definition) is 3. The van der Waals surface area contributed by atoms with Crippen molar-refractivity contribution in [2.24, 2.45) is 7.05 Å². The highest BCUT2D eigenvalue weighted by molar-refractivity contribution is 8.00. The molecule has 0 fully saturated rings. The summed E-state index contributed by atoms with van der Waals surface area (Å²) >= 11 is 1.51. The average Bonchev–Trinajstić information content (AvgIpc) is 3.12. The molecule has 1 aromatic heterocycles. The largest absolute Gasteiger partial charge is 0.353 e. The molecule has 0 N–H and O–H groups in total. The van der Waals surface area contributed by atoms with Crippen molar-refractivity contribution < 1.29 is 9.59 Å². The molecule has 158 valence electrons. The summed E-state index contributed by atoms with van der Waals surface area (Å²) in [5.41, 5.74) is 1.09. The average molecular weight is 416 g/mol. The van der Waals surface area contributed by atoms with Gasteiger partial charge >= 0.3 is 0 Å². The fraction of sp³-hybridized carbons (Fsp3) is 0.478. The van der Waals surface area contributed by atoms with Crippen LogP contribution in [0.5, 0.6) is 0 Å². The minimum absolute atomic E-state index is 0.00323. The second-order valence-electron chi connectivity index (χ2n) is 7.50. The molecule has 0 saturated heterocycles. The summed E-state index contributed by atoms with van der Waals surface area (Å²) in [6.45, 7) is 7.45. The number of carbonyl (C=O) groups is 2. The van der Waals surface area contributed by atoms with Crippen LogP contribution in [0, 0.1) is 0 Å². The van der Waals surface area contributed by atoms with Crippen LogP contribution in [0.25, 0.3) is 0 Å². The first-order chi connectivity index (χ1) is 13.9. The molecular weight excluding hydrogens is 382 g/mol. The van der Waals surface area contributed by atoms with Crippen LogP contribution in [0.2, 0.25) is 0 Å². The molecular formula is C23H33N3O2S. The minimum Gasteiger partial charge on any atom is -0.353 e. The first kappa shape index (κ1) is 23.1. The number of hydrogen-bond donors (Lipinski definition) is 0. The van der Waals surface area contributed by atoms with Crippen molar-refractivity contribution in [1.29, 1.82) is 0 Å². The van der Waals surface area contributed by atoms with E-state index < -0.39 is 0 Å². The number of aryl methyl sites for hydroxylation is 1. The highest BCUT2D eigenvalue weighted by atomic mass is 32.2. The van der Waals surface area contributed by atoms with E-state index in [-0.39, 0.29) is 24.4 Å². The van der Waals surface area contributed by atoms with Gasteiger partial charge in [-0.3, -0.25) is 9.59 Å². The van der Waals surface area contributed by atoms with Crippen molar-refractivity contribution in [3.63, 3.8) is 0 Å². The van der Waals surface area contributed by atoms with Gasteiger partial charge in [-0.05, 0) is 44.5 Å². The molecule has 0 bridgehead atoms. The van der Waals surface area contributed by atoms with Gasteiger partial charge in [-0.15, -0.1) is 11.8 Å². The van der Waals surface area contributed by atoms with Crippen LogP contribution in [0.1, 0.15) is 39.3 Å². The summed E-state index contributed by atoms with van der Waals surface area (Å²) in [5, 5.41) is 0. The van der Waals surface area contributed by atoms with Gasteiger partial charge in [-0.25, -0.2) is 0 Å². The maximum atomic E-state index is 13.1. The van der Waals surface area contributed by atoms with E-state index in [1.165, 1.54) is 11.8 Å². The van der Waals surface area contributed by atoms with E-state index in [1.807, 2.05) is 79.0 Å². The fourth-order valence-corrected chi connectivity index (χ4v) is 3.85. The number of aromatic nitrogens is 1. The van der Waals surface area contributed by atoms with Crippen LogP contribution in [0.15, 0.2) is 53.6 Å². The van der Waals surface area contributed by atoms with Crippen molar-refractivity contribution in [3.8, 4) is 0 Å². The van der Waals surface area contributed by atoms with Gasteiger partial charge in [-0.1, -0.05) is 31.5 Å². The van der Waals surface area contributed by atoms with Gasteiger partial charge in [0.25, 0.3) is 0 Å². The van der Waals surface area contributed by atoms with Gasteiger partial charge < -0.3 is 14.4 Å². The Balaban J connectivity index is 2.02. The Bertz CT molecular complexity index is 773. The number of thioether (sulfide) groups is 1. The molecule has 5 nitrogen and oxygen atoms in total. The Kier molecular flexibility index (Phi) is 9.32. The molecule has 0 spiro atoms. The normalized spacial score (nSPS) is 10.9. The standard InChI is InChI=1S/C23H33N3O2S/c1-5-6-15-25(16-20-11-10-14-24(20)4)22(27)17-26(19(2)3)23(28)18-29-21-12-8-7-9-13-21/h7-14,19H,5-6,15-18H2,1-4H3. The summed E-state index contributed by atoms with van der Waals surface area (Å²) < 4.78 is 2.04. The van der Waals surface area contributed by atoms with Crippen LogP contribution >= 0.6 is 11.8 Å². The number of unbranched alkanes of at least 4 members (excludes halogenated alkanes) is 1. The first-order valence-corrected chi connectivity index (χ1v) is 11.3. The molecule has 0 saturated carbocycles. The molecule has 6 heteroatoms. The van der Waals surface area contributed by atoms with E-state index in [2.05, 4.69) is 6.92 Å².